The summed E-state index contributed by atoms with van der Waals surface area (Å²) in [6, 6.07) is 0. The molecule has 0 saturated heterocycles. The van der Waals surface area contributed by atoms with Crippen LogP contribution < -0.4 is 0 Å². The largest absolute Gasteiger partial charge is 0.465 e. The number of ether oxygens (including phenoxy) is 2. The summed E-state index contributed by atoms with van der Waals surface area (Å²) in [7, 11) is -1.92. The van der Waals surface area contributed by atoms with Gasteiger partial charge in [0.2, 0.25) is 0 Å². The molecule has 0 N–H and O–H groups in total. The van der Waals surface area contributed by atoms with Crippen LogP contribution in [0.1, 0.15) is 41.5 Å². The fourth-order valence-corrected chi connectivity index (χ4v) is 2.76. The second-order valence-corrected chi connectivity index (χ2v) is 8.12. The predicted molar refractivity (Wildman–Crippen MR) is 79.1 cm³/mol. The number of carbonyl (C=O) groups is 1. The monoisotopic (exact) mass is 292 g/mol. The lowest BCUT2D eigenvalue weighted by atomic mass is 10.2. The Morgan fingerprint density at radius 3 is 2.00 bits per heavy atom. The van der Waals surface area contributed by atoms with E-state index in [1.54, 1.807) is 6.92 Å². The summed E-state index contributed by atoms with van der Waals surface area (Å²) in [6.07, 6.45) is 0.362. The van der Waals surface area contributed by atoms with Gasteiger partial charge in [0.15, 0.2) is 0 Å². The van der Waals surface area contributed by atoms with Gasteiger partial charge in [-0.3, -0.25) is 4.79 Å². The zero-order valence-electron chi connectivity index (χ0n) is 13.1. The highest BCUT2D eigenvalue weighted by atomic mass is 31.1. The van der Waals surface area contributed by atoms with E-state index in [0.29, 0.717) is 31.2 Å². The first-order valence-electron chi connectivity index (χ1n) is 7.05. The van der Waals surface area contributed by atoms with Crippen molar-refractivity contribution in [3.05, 3.63) is 0 Å². The summed E-state index contributed by atoms with van der Waals surface area (Å²) >= 11 is 0. The first kappa shape index (κ1) is 18.7. The maximum atomic E-state index is 12.1. The highest BCUT2D eigenvalue weighted by Crippen LogP contribution is 2.31. The minimum atomic E-state index is -1.92. The fraction of sp³-hybridized carbons (Fsp3) is 0.929. The van der Waals surface area contributed by atoms with E-state index in [4.69, 9.17) is 9.47 Å². The molecule has 0 rings (SSSR count). The molecule has 3 unspecified atom stereocenters. The van der Waals surface area contributed by atoms with Gasteiger partial charge in [0.1, 0.15) is 13.6 Å². The van der Waals surface area contributed by atoms with Crippen molar-refractivity contribution in [1.82, 2.24) is 0 Å². The quantitative estimate of drug-likeness (QED) is 0.483. The highest BCUT2D eigenvalue weighted by Gasteiger charge is 2.21. The average Bonchev–Trinajstić information content (AvgIpc) is 2.32. The van der Waals surface area contributed by atoms with Crippen molar-refractivity contribution in [2.45, 2.75) is 47.4 Å². The normalized spacial score (nSPS) is 16.4. The molecule has 0 bridgehead atoms. The third-order valence-electron chi connectivity index (χ3n) is 2.60. The molecule has 0 aromatic heterocycles. The summed E-state index contributed by atoms with van der Waals surface area (Å²) in [5.41, 5.74) is 0. The summed E-state index contributed by atoms with van der Waals surface area (Å²) in [4.78, 5) is 11.7. The zero-order valence-corrected chi connectivity index (χ0v) is 14.1. The van der Waals surface area contributed by atoms with E-state index in [2.05, 4.69) is 13.8 Å². The summed E-state index contributed by atoms with van der Waals surface area (Å²) in [6.45, 7) is 12.7. The lowest BCUT2D eigenvalue weighted by molar-refractivity contribution is -0.148. The van der Waals surface area contributed by atoms with E-state index in [1.807, 2.05) is 20.8 Å². The molecule has 114 valence electrons. The molecule has 19 heavy (non-hydrogen) atoms. The molecule has 0 fully saturated rings. The van der Waals surface area contributed by atoms with Crippen LogP contribution in [0.5, 0.6) is 0 Å². The van der Waals surface area contributed by atoms with Crippen molar-refractivity contribution >= 4 is 13.8 Å². The van der Waals surface area contributed by atoms with Crippen LogP contribution in [0.2, 0.25) is 0 Å². The maximum Gasteiger partial charge on any atom is 0.309 e. The molecule has 0 saturated carbocycles. The first-order valence-corrected chi connectivity index (χ1v) is 8.74. The van der Waals surface area contributed by atoms with Gasteiger partial charge in [-0.1, -0.05) is 34.6 Å². The molecule has 0 amide bonds. The van der Waals surface area contributed by atoms with Crippen LogP contribution in [0.4, 0.5) is 0 Å². The van der Waals surface area contributed by atoms with Crippen molar-refractivity contribution in [3.63, 3.8) is 0 Å². The molecule has 0 aromatic carbocycles. The topological polar surface area (TPSA) is 52.6 Å². The number of hydrogen-bond donors (Lipinski definition) is 0. The average molecular weight is 292 g/mol. The van der Waals surface area contributed by atoms with E-state index in [9.17, 15) is 9.36 Å². The van der Waals surface area contributed by atoms with Gasteiger partial charge < -0.3 is 14.0 Å². The number of carbonyl (C=O) groups excluding carboxylic acids is 1. The van der Waals surface area contributed by atoms with E-state index in [0.717, 1.165) is 0 Å². The first-order chi connectivity index (χ1) is 8.73. The molecule has 0 aromatic rings. The number of rotatable bonds is 9. The van der Waals surface area contributed by atoms with Gasteiger partial charge in [-0.25, -0.2) is 0 Å². The Labute approximate surface area is 118 Å². The molecule has 0 spiro atoms. The molecular weight excluding hydrogens is 263 g/mol. The summed E-state index contributed by atoms with van der Waals surface area (Å²) < 4.78 is 22.7. The number of esters is 1. The molecule has 3 atom stereocenters. The van der Waals surface area contributed by atoms with Gasteiger partial charge >= 0.3 is 5.97 Å². The van der Waals surface area contributed by atoms with Crippen molar-refractivity contribution in [2.75, 3.05) is 19.4 Å². The molecule has 5 heteroatoms. The Kier molecular flexibility index (Phi) is 9.38. The van der Waals surface area contributed by atoms with Crippen molar-refractivity contribution in [3.8, 4) is 0 Å². The maximum absolute atomic E-state index is 12.1. The van der Waals surface area contributed by atoms with E-state index in [1.165, 1.54) is 0 Å². The number of hydrogen-bond acceptors (Lipinski definition) is 4. The van der Waals surface area contributed by atoms with Gasteiger partial charge in [0.25, 0.3) is 0 Å². The van der Waals surface area contributed by atoms with Gasteiger partial charge in [-0.15, -0.1) is 0 Å². The second kappa shape index (κ2) is 9.55. The molecule has 4 nitrogen and oxygen atoms in total. The minimum absolute atomic E-state index is 0.261. The molecule has 0 radical (unpaired) electrons. The molecule has 0 heterocycles. The third-order valence-corrected chi connectivity index (χ3v) is 4.69. The van der Waals surface area contributed by atoms with Crippen LogP contribution in [-0.2, 0) is 18.8 Å². The van der Waals surface area contributed by atoms with E-state index >= 15 is 0 Å². The Hall–Kier alpha value is -0.340. The molecule has 0 aliphatic rings. The zero-order chi connectivity index (χ0) is 15.0. The minimum Gasteiger partial charge on any atom is -0.465 e. The molecular formula is C14H29O4P. The fourth-order valence-electron chi connectivity index (χ4n) is 1.37. The van der Waals surface area contributed by atoms with Crippen LogP contribution in [0, 0.1) is 17.8 Å². The predicted octanol–water partition coefficient (Wildman–Crippen LogP) is 3.40. The van der Waals surface area contributed by atoms with Crippen LogP contribution >= 0.6 is 7.80 Å². The van der Waals surface area contributed by atoms with Crippen LogP contribution in [0.3, 0.4) is 0 Å². The Morgan fingerprint density at radius 1 is 1.00 bits per heavy atom. The lowest BCUT2D eigenvalue weighted by Crippen LogP contribution is -2.21. The lowest BCUT2D eigenvalue weighted by Gasteiger charge is -2.17. The van der Waals surface area contributed by atoms with Crippen LogP contribution in [-0.4, -0.2) is 31.2 Å². The Balaban J connectivity index is 4.06. The standard InChI is InChI=1S/C14H29O4P/c1-10(2)7-17-13(6)19(16)9-12(5)14(15)18-8-11(3)4/h10-13,19H,7-9H2,1-6H3. The van der Waals surface area contributed by atoms with E-state index < -0.39 is 7.80 Å². The highest BCUT2D eigenvalue weighted by molar-refractivity contribution is 7.45. The van der Waals surface area contributed by atoms with Crippen molar-refractivity contribution < 1.29 is 18.8 Å². The van der Waals surface area contributed by atoms with E-state index in [-0.39, 0.29) is 17.7 Å². The summed E-state index contributed by atoms with van der Waals surface area (Å²) in [5, 5.41) is 0. The third kappa shape index (κ3) is 9.23. The Morgan fingerprint density at radius 2 is 1.53 bits per heavy atom. The van der Waals surface area contributed by atoms with Crippen LogP contribution in [0.25, 0.3) is 0 Å². The van der Waals surface area contributed by atoms with Crippen LogP contribution in [0.15, 0.2) is 0 Å². The molecule has 0 aliphatic carbocycles. The second-order valence-electron chi connectivity index (χ2n) is 5.96. The van der Waals surface area contributed by atoms with Gasteiger partial charge in [0, 0.05) is 12.8 Å². The summed E-state index contributed by atoms with van der Waals surface area (Å²) in [5.74, 6) is -0.113. The SMILES string of the molecule is CC(C)COC(=O)C(C)C[PH](=O)C(C)OCC(C)C. The Bertz CT molecular complexity index is 289. The molecule has 0 aliphatic heterocycles. The van der Waals surface area contributed by atoms with Crippen molar-refractivity contribution in [2.24, 2.45) is 17.8 Å². The van der Waals surface area contributed by atoms with Gasteiger partial charge in [-0.2, -0.15) is 0 Å². The van der Waals surface area contributed by atoms with Crippen molar-refractivity contribution in [1.29, 1.82) is 0 Å². The smallest absolute Gasteiger partial charge is 0.309 e. The van der Waals surface area contributed by atoms with Gasteiger partial charge in [-0.05, 0) is 18.8 Å². The van der Waals surface area contributed by atoms with Gasteiger partial charge in [0.05, 0.1) is 12.5 Å².